The molecule has 1 amide bonds. The van der Waals surface area contributed by atoms with E-state index in [-0.39, 0.29) is 24.0 Å². The normalized spacial score (nSPS) is 19.9. The fourth-order valence-electron chi connectivity index (χ4n) is 2.36. The molecule has 1 aromatic rings. The quantitative estimate of drug-likeness (QED) is 0.878. The number of hydrogen-bond donors (Lipinski definition) is 2. The number of benzene rings is 1. The van der Waals surface area contributed by atoms with E-state index in [1.807, 2.05) is 24.3 Å². The van der Waals surface area contributed by atoms with Gasteiger partial charge in [-0.05, 0) is 32.9 Å². The van der Waals surface area contributed by atoms with Crippen molar-refractivity contribution in [3.05, 3.63) is 24.3 Å². The van der Waals surface area contributed by atoms with E-state index in [0.29, 0.717) is 13.0 Å². The monoisotopic (exact) mass is 262 g/mol. The molecule has 1 fully saturated rings. The van der Waals surface area contributed by atoms with Gasteiger partial charge in [-0.15, -0.1) is 0 Å². The molecule has 1 aliphatic heterocycles. The van der Waals surface area contributed by atoms with Gasteiger partial charge in [-0.1, -0.05) is 12.1 Å². The standard InChI is InChI=1S/C15H22N2O2/c1-15(2,3)16-12-6-4-5-7-13(12)17-9-11(10-18)8-14(17)19/h4-7,11,16,18H,8-10H2,1-3H3. The molecule has 0 radical (unpaired) electrons. The lowest BCUT2D eigenvalue weighted by atomic mass is 10.1. The number of aliphatic hydroxyl groups excluding tert-OH is 1. The first-order chi connectivity index (χ1) is 8.90. The minimum absolute atomic E-state index is 0.0511. The first kappa shape index (κ1) is 13.9. The van der Waals surface area contributed by atoms with Crippen LogP contribution in [0.4, 0.5) is 11.4 Å². The van der Waals surface area contributed by atoms with Gasteiger partial charge in [0, 0.05) is 31.0 Å². The maximum Gasteiger partial charge on any atom is 0.227 e. The van der Waals surface area contributed by atoms with Gasteiger partial charge in [0.15, 0.2) is 0 Å². The molecule has 1 heterocycles. The Kier molecular flexibility index (Phi) is 3.80. The fraction of sp³-hybridized carbons (Fsp3) is 0.533. The molecule has 0 bridgehead atoms. The summed E-state index contributed by atoms with van der Waals surface area (Å²) in [5.74, 6) is 0.136. The number of nitrogens with zero attached hydrogens (tertiary/aromatic N) is 1. The van der Waals surface area contributed by atoms with Crippen molar-refractivity contribution in [3.8, 4) is 0 Å². The minimum Gasteiger partial charge on any atom is -0.396 e. The van der Waals surface area contributed by atoms with E-state index in [9.17, 15) is 9.90 Å². The molecule has 1 atom stereocenters. The molecule has 1 aliphatic rings. The first-order valence-corrected chi connectivity index (χ1v) is 6.69. The van der Waals surface area contributed by atoms with Crippen molar-refractivity contribution in [2.75, 3.05) is 23.4 Å². The SMILES string of the molecule is CC(C)(C)Nc1ccccc1N1CC(CO)CC1=O. The maximum absolute atomic E-state index is 12.0. The van der Waals surface area contributed by atoms with E-state index < -0.39 is 0 Å². The molecule has 19 heavy (non-hydrogen) atoms. The summed E-state index contributed by atoms with van der Waals surface area (Å²) in [6, 6.07) is 7.83. The van der Waals surface area contributed by atoms with Crippen molar-refractivity contribution in [1.82, 2.24) is 0 Å². The van der Waals surface area contributed by atoms with Crippen molar-refractivity contribution >= 4 is 17.3 Å². The molecule has 0 spiro atoms. The van der Waals surface area contributed by atoms with Crippen LogP contribution < -0.4 is 10.2 Å². The molecule has 0 aliphatic carbocycles. The lowest BCUT2D eigenvalue weighted by Gasteiger charge is -2.27. The Morgan fingerprint density at radius 1 is 1.37 bits per heavy atom. The highest BCUT2D eigenvalue weighted by molar-refractivity contribution is 5.98. The largest absolute Gasteiger partial charge is 0.396 e. The smallest absolute Gasteiger partial charge is 0.227 e. The molecule has 1 unspecified atom stereocenters. The Bertz CT molecular complexity index is 465. The summed E-state index contributed by atoms with van der Waals surface area (Å²) in [6.45, 7) is 6.93. The van der Waals surface area contributed by atoms with Crippen LogP contribution in [0.15, 0.2) is 24.3 Å². The van der Waals surface area contributed by atoms with Gasteiger partial charge in [0.1, 0.15) is 0 Å². The third kappa shape index (κ3) is 3.26. The number of carbonyl (C=O) groups is 1. The molecule has 4 nitrogen and oxygen atoms in total. The zero-order valence-electron chi connectivity index (χ0n) is 11.8. The molecule has 0 aromatic heterocycles. The predicted molar refractivity (Wildman–Crippen MR) is 77.4 cm³/mol. The number of rotatable bonds is 3. The average molecular weight is 262 g/mol. The van der Waals surface area contributed by atoms with E-state index >= 15 is 0 Å². The Hall–Kier alpha value is -1.55. The van der Waals surface area contributed by atoms with E-state index in [0.717, 1.165) is 11.4 Å². The van der Waals surface area contributed by atoms with Crippen molar-refractivity contribution in [3.63, 3.8) is 0 Å². The highest BCUT2D eigenvalue weighted by Gasteiger charge is 2.31. The van der Waals surface area contributed by atoms with Gasteiger partial charge in [-0.25, -0.2) is 0 Å². The zero-order chi connectivity index (χ0) is 14.0. The Labute approximate surface area is 114 Å². The van der Waals surface area contributed by atoms with Crippen LogP contribution in [0.25, 0.3) is 0 Å². The molecule has 2 rings (SSSR count). The fourth-order valence-corrected chi connectivity index (χ4v) is 2.36. The molecule has 1 aromatic carbocycles. The number of hydrogen-bond acceptors (Lipinski definition) is 3. The first-order valence-electron chi connectivity index (χ1n) is 6.69. The highest BCUT2D eigenvalue weighted by atomic mass is 16.3. The summed E-state index contributed by atoms with van der Waals surface area (Å²) in [5, 5.41) is 12.6. The summed E-state index contributed by atoms with van der Waals surface area (Å²) in [6.07, 6.45) is 0.431. The third-order valence-corrected chi connectivity index (χ3v) is 3.17. The van der Waals surface area contributed by atoms with E-state index in [1.54, 1.807) is 4.90 Å². The summed E-state index contributed by atoms with van der Waals surface area (Å²) < 4.78 is 0. The van der Waals surface area contributed by atoms with Gasteiger partial charge in [0.05, 0.1) is 11.4 Å². The van der Waals surface area contributed by atoms with Crippen molar-refractivity contribution < 1.29 is 9.90 Å². The number of aliphatic hydroxyl groups is 1. The van der Waals surface area contributed by atoms with Gasteiger partial charge in [0.2, 0.25) is 5.91 Å². The zero-order valence-corrected chi connectivity index (χ0v) is 11.8. The second kappa shape index (κ2) is 5.21. The Morgan fingerprint density at radius 2 is 2.05 bits per heavy atom. The van der Waals surface area contributed by atoms with E-state index in [1.165, 1.54) is 0 Å². The van der Waals surface area contributed by atoms with Crippen LogP contribution in [0.2, 0.25) is 0 Å². The lowest BCUT2D eigenvalue weighted by Crippen LogP contribution is -2.30. The summed E-state index contributed by atoms with van der Waals surface area (Å²) in [5.41, 5.74) is 1.80. The number of nitrogens with one attached hydrogen (secondary N) is 1. The van der Waals surface area contributed by atoms with Gasteiger partial charge in [-0.3, -0.25) is 4.79 Å². The minimum atomic E-state index is -0.0603. The molecular weight excluding hydrogens is 240 g/mol. The van der Waals surface area contributed by atoms with Gasteiger partial charge < -0.3 is 15.3 Å². The van der Waals surface area contributed by atoms with Gasteiger partial charge in [0.25, 0.3) is 0 Å². The summed E-state index contributed by atoms with van der Waals surface area (Å²) in [4.78, 5) is 13.8. The van der Waals surface area contributed by atoms with Crippen LogP contribution in [-0.4, -0.2) is 29.7 Å². The van der Waals surface area contributed by atoms with Gasteiger partial charge in [-0.2, -0.15) is 0 Å². The third-order valence-electron chi connectivity index (χ3n) is 3.17. The number of amides is 1. The van der Waals surface area contributed by atoms with Crippen LogP contribution >= 0.6 is 0 Å². The number of anilines is 2. The van der Waals surface area contributed by atoms with E-state index in [2.05, 4.69) is 26.1 Å². The van der Waals surface area contributed by atoms with Crippen molar-refractivity contribution in [2.45, 2.75) is 32.7 Å². The second-order valence-corrected chi connectivity index (χ2v) is 6.15. The van der Waals surface area contributed by atoms with Crippen LogP contribution in [0.3, 0.4) is 0 Å². The lowest BCUT2D eigenvalue weighted by molar-refractivity contribution is -0.117. The molecular formula is C15H22N2O2. The Balaban J connectivity index is 2.27. The number of carbonyl (C=O) groups excluding carboxylic acids is 1. The molecule has 0 saturated carbocycles. The summed E-state index contributed by atoms with van der Waals surface area (Å²) >= 11 is 0. The molecule has 104 valence electrons. The molecule has 4 heteroatoms. The second-order valence-electron chi connectivity index (χ2n) is 6.15. The van der Waals surface area contributed by atoms with Crippen molar-refractivity contribution in [2.24, 2.45) is 5.92 Å². The van der Waals surface area contributed by atoms with Crippen LogP contribution in [0, 0.1) is 5.92 Å². The highest BCUT2D eigenvalue weighted by Crippen LogP contribution is 2.32. The topological polar surface area (TPSA) is 52.6 Å². The maximum atomic E-state index is 12.0. The van der Waals surface area contributed by atoms with Crippen LogP contribution in [-0.2, 0) is 4.79 Å². The predicted octanol–water partition coefficient (Wildman–Crippen LogP) is 2.24. The van der Waals surface area contributed by atoms with E-state index in [4.69, 9.17) is 0 Å². The van der Waals surface area contributed by atoms with Gasteiger partial charge >= 0.3 is 0 Å². The van der Waals surface area contributed by atoms with Crippen molar-refractivity contribution in [1.29, 1.82) is 0 Å². The van der Waals surface area contributed by atoms with Crippen LogP contribution in [0.5, 0.6) is 0 Å². The molecule has 2 N–H and O–H groups in total. The average Bonchev–Trinajstić information content (AvgIpc) is 2.69. The number of para-hydroxylation sites is 2. The Morgan fingerprint density at radius 3 is 2.63 bits per heavy atom. The summed E-state index contributed by atoms with van der Waals surface area (Å²) in [7, 11) is 0. The molecule has 1 saturated heterocycles. The van der Waals surface area contributed by atoms with Crippen LogP contribution in [0.1, 0.15) is 27.2 Å².